The Balaban J connectivity index is 2.86. The lowest BCUT2D eigenvalue weighted by molar-refractivity contribution is -0.109. The van der Waals surface area contributed by atoms with Crippen LogP contribution in [0.25, 0.3) is 0 Å². The maximum atomic E-state index is 13.2. The van der Waals surface area contributed by atoms with E-state index in [1.165, 1.54) is 26.0 Å². The molecule has 0 spiro atoms. The third-order valence-electron chi connectivity index (χ3n) is 2.49. The molecule has 2 atom stereocenters. The summed E-state index contributed by atoms with van der Waals surface area (Å²) in [5.41, 5.74) is 0.479. The third-order valence-corrected chi connectivity index (χ3v) is 3.91. The van der Waals surface area contributed by atoms with Crippen LogP contribution < -0.4 is 0 Å². The molecule has 1 aromatic rings. The minimum Gasteiger partial charge on any atom is -0.389 e. The lowest BCUT2D eigenvalue weighted by Gasteiger charge is -2.19. The summed E-state index contributed by atoms with van der Waals surface area (Å²) in [4.78, 5) is 10.8. The Morgan fingerprint density at radius 3 is 2.67 bits per heavy atom. The van der Waals surface area contributed by atoms with Crippen molar-refractivity contribution in [1.29, 1.82) is 0 Å². The third kappa shape index (κ3) is 3.68. The van der Waals surface area contributed by atoms with Crippen molar-refractivity contribution in [1.82, 2.24) is 0 Å². The average molecular weight is 293 g/mol. The van der Waals surface area contributed by atoms with Crippen LogP contribution in [0.15, 0.2) is 12.1 Å². The Labute approximate surface area is 114 Å². The van der Waals surface area contributed by atoms with Gasteiger partial charge in [0.2, 0.25) is 0 Å². The number of rotatable bonds is 4. The minimum atomic E-state index is -1.25. The van der Waals surface area contributed by atoms with Gasteiger partial charge in [0.15, 0.2) is 5.12 Å². The van der Waals surface area contributed by atoms with E-state index in [4.69, 9.17) is 11.6 Å². The zero-order valence-corrected chi connectivity index (χ0v) is 11.6. The van der Waals surface area contributed by atoms with E-state index in [9.17, 15) is 19.4 Å². The summed E-state index contributed by atoms with van der Waals surface area (Å²) in [6.45, 7) is 2.86. The Bertz CT molecular complexity index is 453. The monoisotopic (exact) mass is 292 g/mol. The Morgan fingerprint density at radius 2 is 2.11 bits per heavy atom. The first-order valence-electron chi connectivity index (χ1n) is 5.28. The lowest BCUT2D eigenvalue weighted by atomic mass is 10.0. The standard InChI is InChI=1S/C12H14ClFO3S/c1-6-9(14)4-3-8(11(6)13)12(17)10(16)5-18-7(2)15/h3-4,10,12,16-17H,5H2,1-2H3. The molecule has 0 bridgehead atoms. The second-order valence-electron chi connectivity index (χ2n) is 3.89. The van der Waals surface area contributed by atoms with E-state index >= 15 is 0 Å². The number of thioether (sulfide) groups is 1. The van der Waals surface area contributed by atoms with Gasteiger partial charge in [-0.25, -0.2) is 4.39 Å². The van der Waals surface area contributed by atoms with Crippen molar-refractivity contribution in [3.05, 3.63) is 34.1 Å². The summed E-state index contributed by atoms with van der Waals surface area (Å²) in [5.74, 6) is -0.410. The fourth-order valence-corrected chi connectivity index (χ4v) is 2.26. The normalized spacial score (nSPS) is 14.3. The average Bonchev–Trinajstić information content (AvgIpc) is 2.32. The van der Waals surface area contributed by atoms with Gasteiger partial charge in [-0.3, -0.25) is 4.79 Å². The molecule has 18 heavy (non-hydrogen) atoms. The van der Waals surface area contributed by atoms with Gasteiger partial charge in [-0.1, -0.05) is 29.4 Å². The van der Waals surface area contributed by atoms with Gasteiger partial charge in [0.1, 0.15) is 11.9 Å². The number of carbonyl (C=O) groups is 1. The Morgan fingerprint density at radius 1 is 1.50 bits per heavy atom. The van der Waals surface area contributed by atoms with E-state index in [1.54, 1.807) is 0 Å². The van der Waals surface area contributed by atoms with Gasteiger partial charge in [0.25, 0.3) is 0 Å². The maximum absolute atomic E-state index is 13.2. The summed E-state index contributed by atoms with van der Waals surface area (Å²) in [6.07, 6.45) is -2.38. The highest BCUT2D eigenvalue weighted by molar-refractivity contribution is 8.13. The molecule has 0 aliphatic rings. The van der Waals surface area contributed by atoms with Crippen LogP contribution in [-0.4, -0.2) is 27.2 Å². The highest BCUT2D eigenvalue weighted by Gasteiger charge is 2.23. The van der Waals surface area contributed by atoms with E-state index < -0.39 is 18.0 Å². The second-order valence-corrected chi connectivity index (χ2v) is 5.47. The first-order valence-corrected chi connectivity index (χ1v) is 6.65. The van der Waals surface area contributed by atoms with Gasteiger partial charge in [-0.05, 0) is 13.0 Å². The quantitative estimate of drug-likeness (QED) is 0.895. The molecule has 2 unspecified atom stereocenters. The van der Waals surface area contributed by atoms with Crippen molar-refractivity contribution in [3.8, 4) is 0 Å². The molecule has 2 N–H and O–H groups in total. The number of aliphatic hydroxyl groups is 2. The molecule has 0 heterocycles. The van der Waals surface area contributed by atoms with Crippen molar-refractivity contribution in [3.63, 3.8) is 0 Å². The van der Waals surface area contributed by atoms with E-state index in [-0.39, 0.29) is 27.0 Å². The highest BCUT2D eigenvalue weighted by atomic mass is 35.5. The van der Waals surface area contributed by atoms with Crippen molar-refractivity contribution < 1.29 is 19.4 Å². The molecule has 0 fully saturated rings. The molecule has 0 aliphatic carbocycles. The van der Waals surface area contributed by atoms with Gasteiger partial charge in [0, 0.05) is 23.8 Å². The molecule has 0 amide bonds. The maximum Gasteiger partial charge on any atom is 0.185 e. The summed E-state index contributed by atoms with van der Waals surface area (Å²) >= 11 is 6.82. The SMILES string of the molecule is CC(=O)SCC(O)C(O)c1ccc(F)c(C)c1Cl. The van der Waals surface area contributed by atoms with Gasteiger partial charge in [-0.15, -0.1) is 0 Å². The van der Waals surface area contributed by atoms with Crippen molar-refractivity contribution in [2.75, 3.05) is 5.75 Å². The molecule has 0 saturated carbocycles. The largest absolute Gasteiger partial charge is 0.389 e. The molecular weight excluding hydrogens is 279 g/mol. The molecular formula is C12H14ClFO3S. The summed E-state index contributed by atoms with van der Waals surface area (Å²) < 4.78 is 13.2. The molecule has 6 heteroatoms. The molecule has 0 aliphatic heterocycles. The van der Waals surface area contributed by atoms with Crippen molar-refractivity contribution in [2.45, 2.75) is 26.1 Å². The second kappa shape index (κ2) is 6.52. The molecule has 0 radical (unpaired) electrons. The van der Waals surface area contributed by atoms with E-state index in [2.05, 4.69) is 0 Å². The fourth-order valence-electron chi connectivity index (χ4n) is 1.41. The number of halogens is 2. The van der Waals surface area contributed by atoms with Crippen LogP contribution in [0.3, 0.4) is 0 Å². The smallest absolute Gasteiger partial charge is 0.185 e. The lowest BCUT2D eigenvalue weighted by Crippen LogP contribution is -2.22. The van der Waals surface area contributed by atoms with Crippen LogP contribution in [-0.2, 0) is 4.79 Å². The first kappa shape index (κ1) is 15.4. The molecule has 1 aromatic carbocycles. The Kier molecular flexibility index (Phi) is 5.59. The first-order chi connectivity index (χ1) is 8.34. The number of aliphatic hydroxyl groups excluding tert-OH is 2. The predicted molar refractivity (Wildman–Crippen MR) is 70.3 cm³/mol. The summed E-state index contributed by atoms with van der Waals surface area (Å²) in [7, 11) is 0. The zero-order chi connectivity index (χ0) is 13.9. The van der Waals surface area contributed by atoms with Gasteiger partial charge in [-0.2, -0.15) is 0 Å². The van der Waals surface area contributed by atoms with Crippen LogP contribution in [0.5, 0.6) is 0 Å². The topological polar surface area (TPSA) is 57.5 Å². The molecule has 0 aromatic heterocycles. The van der Waals surface area contributed by atoms with Gasteiger partial charge < -0.3 is 10.2 Å². The van der Waals surface area contributed by atoms with Crippen LogP contribution in [0, 0.1) is 12.7 Å². The van der Waals surface area contributed by atoms with E-state index in [0.29, 0.717) is 0 Å². The van der Waals surface area contributed by atoms with E-state index in [1.807, 2.05) is 0 Å². The molecule has 3 nitrogen and oxygen atoms in total. The molecule has 100 valence electrons. The number of hydrogen-bond acceptors (Lipinski definition) is 4. The van der Waals surface area contributed by atoms with Gasteiger partial charge in [0.05, 0.1) is 11.1 Å². The van der Waals surface area contributed by atoms with Crippen LogP contribution >= 0.6 is 23.4 Å². The summed E-state index contributed by atoms with van der Waals surface area (Å²) in [5, 5.41) is 19.6. The summed E-state index contributed by atoms with van der Waals surface area (Å²) in [6, 6.07) is 2.52. The van der Waals surface area contributed by atoms with Crippen LogP contribution in [0.4, 0.5) is 4.39 Å². The number of carbonyl (C=O) groups excluding carboxylic acids is 1. The van der Waals surface area contributed by atoms with Gasteiger partial charge >= 0.3 is 0 Å². The van der Waals surface area contributed by atoms with Crippen molar-refractivity contribution >= 4 is 28.5 Å². The molecule has 0 saturated heterocycles. The van der Waals surface area contributed by atoms with Crippen LogP contribution in [0.1, 0.15) is 24.2 Å². The number of benzene rings is 1. The minimum absolute atomic E-state index is 0.0588. The molecule has 1 rings (SSSR count). The van der Waals surface area contributed by atoms with Crippen LogP contribution in [0.2, 0.25) is 5.02 Å². The Hall–Kier alpha value is -0.620. The zero-order valence-electron chi connectivity index (χ0n) is 9.98. The predicted octanol–water partition coefficient (Wildman–Crippen LogP) is 2.46. The van der Waals surface area contributed by atoms with Crippen molar-refractivity contribution in [2.24, 2.45) is 0 Å². The fraction of sp³-hybridized carbons (Fsp3) is 0.417. The number of hydrogen-bond donors (Lipinski definition) is 2. The highest BCUT2D eigenvalue weighted by Crippen LogP contribution is 2.30. The van der Waals surface area contributed by atoms with E-state index in [0.717, 1.165) is 11.8 Å².